The van der Waals surface area contributed by atoms with E-state index in [1.165, 1.54) is 7.11 Å². The summed E-state index contributed by atoms with van der Waals surface area (Å²) in [6.45, 7) is 6.49. The highest BCUT2D eigenvalue weighted by molar-refractivity contribution is 7.98. The predicted molar refractivity (Wildman–Crippen MR) is 134 cm³/mol. The van der Waals surface area contributed by atoms with Crippen molar-refractivity contribution in [2.75, 3.05) is 37.2 Å². The number of benzene rings is 2. The number of anilines is 1. The molecule has 0 unspecified atom stereocenters. The van der Waals surface area contributed by atoms with E-state index in [2.05, 4.69) is 6.26 Å². The van der Waals surface area contributed by atoms with Crippen LogP contribution in [0.3, 0.4) is 0 Å². The summed E-state index contributed by atoms with van der Waals surface area (Å²) < 4.78 is 16.3. The Bertz CT molecular complexity index is 1020. The van der Waals surface area contributed by atoms with Crippen LogP contribution in [0.25, 0.3) is 17.2 Å². The average molecular weight is 470 g/mol. The summed E-state index contributed by atoms with van der Waals surface area (Å²) in [5.41, 5.74) is 3.33. The third kappa shape index (κ3) is 6.54. The number of thioether (sulfide) groups is 1. The van der Waals surface area contributed by atoms with Gasteiger partial charge in [-0.1, -0.05) is 18.2 Å². The van der Waals surface area contributed by atoms with Gasteiger partial charge in [-0.2, -0.15) is 11.8 Å². The Morgan fingerprint density at radius 2 is 1.76 bits per heavy atom. The Morgan fingerprint density at radius 3 is 2.39 bits per heavy atom. The molecular weight excluding hydrogens is 438 g/mol. The molecule has 0 aromatic heterocycles. The zero-order valence-corrected chi connectivity index (χ0v) is 20.7. The van der Waals surface area contributed by atoms with Gasteiger partial charge in [-0.05, 0) is 80.5 Å². The van der Waals surface area contributed by atoms with Crippen LogP contribution in [0.15, 0.2) is 48.0 Å². The first kappa shape index (κ1) is 24.7. The lowest BCUT2D eigenvalue weighted by Gasteiger charge is -2.27. The molecule has 2 aromatic carbocycles. The summed E-state index contributed by atoms with van der Waals surface area (Å²) in [6.07, 6.45) is 3.78. The summed E-state index contributed by atoms with van der Waals surface area (Å²) in [7, 11) is 1.36. The standard InChI is InChI=1S/C26H31NO5S/c1-26(2,3)32-25(29)27-13-12-20(24(28)30-4)17-21-16-19(8-11-23(21)27)18-6-9-22(10-7-18)31-14-15-33-5/h6-11,16-17H,12-15H2,1-5H3. The molecule has 6 nitrogen and oxygen atoms in total. The van der Waals surface area contributed by atoms with Crippen LogP contribution in [0.4, 0.5) is 10.5 Å². The van der Waals surface area contributed by atoms with Crippen LogP contribution < -0.4 is 9.64 Å². The molecule has 0 radical (unpaired) electrons. The Morgan fingerprint density at radius 1 is 1.06 bits per heavy atom. The largest absolute Gasteiger partial charge is 0.493 e. The molecule has 1 aliphatic heterocycles. The zero-order valence-electron chi connectivity index (χ0n) is 19.8. The first-order chi connectivity index (χ1) is 15.7. The number of esters is 1. The number of hydrogen-bond acceptors (Lipinski definition) is 6. The molecule has 1 amide bonds. The Hall–Kier alpha value is -2.93. The lowest BCUT2D eigenvalue weighted by atomic mass is 10.0. The fourth-order valence-corrected chi connectivity index (χ4v) is 3.74. The molecule has 0 N–H and O–H groups in total. The van der Waals surface area contributed by atoms with Gasteiger partial charge in [0.15, 0.2) is 0 Å². The van der Waals surface area contributed by atoms with Crippen LogP contribution in [0.2, 0.25) is 0 Å². The van der Waals surface area contributed by atoms with Gasteiger partial charge in [0.05, 0.1) is 19.4 Å². The quantitative estimate of drug-likeness (QED) is 0.394. The van der Waals surface area contributed by atoms with Gasteiger partial charge in [0, 0.05) is 17.9 Å². The third-order valence-electron chi connectivity index (χ3n) is 5.06. The van der Waals surface area contributed by atoms with E-state index >= 15 is 0 Å². The Kier molecular flexibility index (Phi) is 8.08. The van der Waals surface area contributed by atoms with Crippen LogP contribution in [0.5, 0.6) is 5.75 Å². The van der Waals surface area contributed by atoms with Crippen molar-refractivity contribution < 1.29 is 23.8 Å². The third-order valence-corrected chi connectivity index (χ3v) is 5.63. The smallest absolute Gasteiger partial charge is 0.414 e. The van der Waals surface area contributed by atoms with E-state index in [0.29, 0.717) is 30.8 Å². The van der Waals surface area contributed by atoms with Gasteiger partial charge < -0.3 is 14.2 Å². The van der Waals surface area contributed by atoms with Crippen molar-refractivity contribution in [3.63, 3.8) is 0 Å². The van der Waals surface area contributed by atoms with Crippen molar-refractivity contribution >= 4 is 35.6 Å². The van der Waals surface area contributed by atoms with Gasteiger partial charge in [-0.25, -0.2) is 9.59 Å². The molecule has 0 spiro atoms. The molecule has 176 valence electrons. The molecular formula is C26H31NO5S. The summed E-state index contributed by atoms with van der Waals surface area (Å²) >= 11 is 1.74. The van der Waals surface area contributed by atoms with Crippen molar-refractivity contribution in [2.24, 2.45) is 0 Å². The molecule has 3 rings (SSSR count). The van der Waals surface area contributed by atoms with Crippen LogP contribution in [0, 0.1) is 0 Å². The van der Waals surface area contributed by atoms with Gasteiger partial charge in [0.25, 0.3) is 0 Å². The van der Waals surface area contributed by atoms with Gasteiger partial charge in [0.1, 0.15) is 11.4 Å². The summed E-state index contributed by atoms with van der Waals surface area (Å²) in [5, 5.41) is 0. The molecule has 1 aliphatic rings. The lowest BCUT2D eigenvalue weighted by molar-refractivity contribution is -0.136. The number of amides is 1. The van der Waals surface area contributed by atoms with Crippen molar-refractivity contribution in [3.05, 3.63) is 53.6 Å². The van der Waals surface area contributed by atoms with Crippen LogP contribution in [-0.2, 0) is 14.3 Å². The maximum Gasteiger partial charge on any atom is 0.414 e. The second-order valence-corrected chi connectivity index (χ2v) is 9.67. The number of carbonyl (C=O) groups excluding carboxylic acids is 2. The maximum absolute atomic E-state index is 12.9. The van der Waals surface area contributed by atoms with Crippen molar-refractivity contribution in [1.29, 1.82) is 0 Å². The maximum atomic E-state index is 12.9. The SMILES string of the molecule is COC(=O)C1=Cc2cc(-c3ccc(OCCSC)cc3)ccc2N(C(=O)OC(C)(C)C)CC1. The highest BCUT2D eigenvalue weighted by Gasteiger charge is 2.28. The van der Waals surface area contributed by atoms with E-state index in [9.17, 15) is 9.59 Å². The van der Waals surface area contributed by atoms with E-state index in [1.807, 2.05) is 63.2 Å². The van der Waals surface area contributed by atoms with E-state index in [1.54, 1.807) is 22.7 Å². The van der Waals surface area contributed by atoms with Crippen molar-refractivity contribution in [1.82, 2.24) is 0 Å². The Labute approximate surface area is 199 Å². The minimum atomic E-state index is -0.623. The van der Waals surface area contributed by atoms with Gasteiger partial charge in [0.2, 0.25) is 0 Å². The minimum Gasteiger partial charge on any atom is -0.493 e. The predicted octanol–water partition coefficient (Wildman–Crippen LogP) is 5.80. The normalized spacial score (nSPS) is 13.5. The van der Waals surface area contributed by atoms with Gasteiger partial charge in [-0.3, -0.25) is 4.90 Å². The molecule has 1 heterocycles. The van der Waals surface area contributed by atoms with Gasteiger partial charge >= 0.3 is 12.1 Å². The number of methoxy groups -OCH3 is 1. The van der Waals surface area contributed by atoms with E-state index in [-0.39, 0.29) is 0 Å². The number of carbonyl (C=O) groups is 2. The number of hydrogen-bond donors (Lipinski definition) is 0. The topological polar surface area (TPSA) is 65.1 Å². The first-order valence-electron chi connectivity index (χ1n) is 10.9. The first-order valence-corrected chi connectivity index (χ1v) is 12.3. The Balaban J connectivity index is 1.95. The monoisotopic (exact) mass is 469 g/mol. The highest BCUT2D eigenvalue weighted by Crippen LogP contribution is 2.34. The molecule has 2 aromatic rings. The molecule has 0 fully saturated rings. The number of nitrogens with zero attached hydrogens (tertiary/aromatic N) is 1. The molecule has 0 atom stereocenters. The molecule has 0 bridgehead atoms. The highest BCUT2D eigenvalue weighted by atomic mass is 32.2. The van der Waals surface area contributed by atoms with Gasteiger partial charge in [-0.15, -0.1) is 0 Å². The fraction of sp³-hybridized carbons (Fsp3) is 0.385. The second-order valence-electron chi connectivity index (χ2n) is 8.68. The number of ether oxygens (including phenoxy) is 3. The average Bonchev–Trinajstić information content (AvgIpc) is 2.97. The van der Waals surface area contributed by atoms with Crippen molar-refractivity contribution in [2.45, 2.75) is 32.8 Å². The molecule has 33 heavy (non-hydrogen) atoms. The van der Waals surface area contributed by atoms with E-state index in [4.69, 9.17) is 14.2 Å². The summed E-state index contributed by atoms with van der Waals surface area (Å²) in [4.78, 5) is 26.8. The van der Waals surface area contributed by atoms with Crippen LogP contribution >= 0.6 is 11.8 Å². The number of rotatable bonds is 6. The second kappa shape index (κ2) is 10.8. The molecule has 0 aliphatic carbocycles. The lowest BCUT2D eigenvalue weighted by Crippen LogP contribution is -2.37. The summed E-state index contributed by atoms with van der Waals surface area (Å²) in [6, 6.07) is 13.7. The molecule has 7 heteroatoms. The molecule has 0 saturated carbocycles. The van der Waals surface area contributed by atoms with E-state index in [0.717, 1.165) is 28.2 Å². The fourth-order valence-electron chi connectivity index (χ4n) is 3.49. The summed E-state index contributed by atoms with van der Waals surface area (Å²) in [5.74, 6) is 1.37. The van der Waals surface area contributed by atoms with Crippen molar-refractivity contribution in [3.8, 4) is 16.9 Å². The zero-order chi connectivity index (χ0) is 24.0. The minimum absolute atomic E-state index is 0.324. The van der Waals surface area contributed by atoms with Crippen LogP contribution in [0.1, 0.15) is 32.8 Å². The van der Waals surface area contributed by atoms with Crippen LogP contribution in [-0.4, -0.2) is 49.9 Å². The number of fused-ring (bicyclic) bond motifs is 1. The molecule has 0 saturated heterocycles. The van der Waals surface area contributed by atoms with E-state index < -0.39 is 17.7 Å².